The predicted molar refractivity (Wildman–Crippen MR) is 80.5 cm³/mol. The van der Waals surface area contributed by atoms with E-state index in [4.69, 9.17) is 5.11 Å². The minimum atomic E-state index is -1.25. The molecule has 0 aliphatic heterocycles. The summed E-state index contributed by atoms with van der Waals surface area (Å²) in [7, 11) is 1.63. The van der Waals surface area contributed by atoms with Gasteiger partial charge in [0.15, 0.2) is 0 Å². The largest absolute Gasteiger partial charge is 0.480 e. The van der Waals surface area contributed by atoms with Crippen LogP contribution < -0.4 is 5.32 Å². The number of benzene rings is 1. The van der Waals surface area contributed by atoms with E-state index in [9.17, 15) is 9.59 Å². The van der Waals surface area contributed by atoms with E-state index in [1.807, 2.05) is 24.3 Å². The first-order valence-corrected chi connectivity index (χ1v) is 7.09. The number of urea groups is 1. The minimum Gasteiger partial charge on any atom is -0.480 e. The molecule has 5 nitrogen and oxygen atoms in total. The molecule has 0 aliphatic carbocycles. The fraction of sp³-hybridized carbons (Fsp3) is 0.429. The van der Waals surface area contributed by atoms with Crippen molar-refractivity contribution in [1.29, 1.82) is 0 Å². The van der Waals surface area contributed by atoms with Gasteiger partial charge in [-0.25, -0.2) is 9.59 Å². The summed E-state index contributed by atoms with van der Waals surface area (Å²) in [5.74, 6) is -1.04. The van der Waals surface area contributed by atoms with Gasteiger partial charge in [-0.05, 0) is 25.0 Å². The Bertz CT molecular complexity index is 507. The molecule has 2 N–H and O–H groups in total. The number of hydrogen-bond acceptors (Lipinski definition) is 2. The Balaban J connectivity index is 2.73. The standard InChI is InChI=1S/C14H19BrN2O3/c1-4-14(2,12(18)19)16-13(20)17(3)9-10-7-5-6-8-11(10)15/h5-8H,4,9H2,1-3H3,(H,16,20)(H,18,19). The van der Waals surface area contributed by atoms with Crippen LogP contribution in [-0.4, -0.2) is 34.6 Å². The van der Waals surface area contributed by atoms with E-state index >= 15 is 0 Å². The van der Waals surface area contributed by atoms with E-state index in [1.165, 1.54) is 11.8 Å². The van der Waals surface area contributed by atoms with Crippen molar-refractivity contribution >= 4 is 27.9 Å². The monoisotopic (exact) mass is 342 g/mol. The third kappa shape index (κ3) is 3.96. The van der Waals surface area contributed by atoms with Gasteiger partial charge in [0.2, 0.25) is 0 Å². The second kappa shape index (κ2) is 6.74. The molecule has 20 heavy (non-hydrogen) atoms. The smallest absolute Gasteiger partial charge is 0.329 e. The molecule has 0 heterocycles. The van der Waals surface area contributed by atoms with E-state index in [-0.39, 0.29) is 0 Å². The Kier molecular flexibility index (Phi) is 5.56. The van der Waals surface area contributed by atoms with Crippen LogP contribution in [0.5, 0.6) is 0 Å². The van der Waals surface area contributed by atoms with E-state index in [0.29, 0.717) is 13.0 Å². The summed E-state index contributed by atoms with van der Waals surface area (Å²) in [6, 6.07) is 7.18. The fourth-order valence-corrected chi connectivity index (χ4v) is 1.99. The van der Waals surface area contributed by atoms with Crippen LogP contribution in [0.2, 0.25) is 0 Å². The Morgan fingerprint density at radius 3 is 2.50 bits per heavy atom. The van der Waals surface area contributed by atoms with Crippen molar-refractivity contribution in [2.24, 2.45) is 0 Å². The van der Waals surface area contributed by atoms with Crippen molar-refractivity contribution in [3.8, 4) is 0 Å². The van der Waals surface area contributed by atoms with Gasteiger partial charge in [-0.1, -0.05) is 41.1 Å². The first-order valence-electron chi connectivity index (χ1n) is 6.30. The lowest BCUT2D eigenvalue weighted by Gasteiger charge is -2.28. The molecule has 0 bridgehead atoms. The molecule has 0 fully saturated rings. The number of nitrogens with zero attached hydrogens (tertiary/aromatic N) is 1. The lowest BCUT2D eigenvalue weighted by Crippen LogP contribution is -2.54. The van der Waals surface area contributed by atoms with Gasteiger partial charge in [0.1, 0.15) is 5.54 Å². The molecule has 1 aromatic rings. The van der Waals surface area contributed by atoms with Gasteiger partial charge in [-0.2, -0.15) is 0 Å². The molecule has 6 heteroatoms. The molecule has 110 valence electrons. The molecule has 0 spiro atoms. The third-order valence-electron chi connectivity index (χ3n) is 3.27. The molecule has 0 aromatic heterocycles. The van der Waals surface area contributed by atoms with Gasteiger partial charge >= 0.3 is 12.0 Å². The number of amides is 2. The van der Waals surface area contributed by atoms with Gasteiger partial charge in [0.05, 0.1) is 0 Å². The number of hydrogen-bond donors (Lipinski definition) is 2. The number of carbonyl (C=O) groups excluding carboxylic acids is 1. The molecule has 1 unspecified atom stereocenters. The number of carboxylic acids is 1. The van der Waals surface area contributed by atoms with Crippen molar-refractivity contribution in [2.45, 2.75) is 32.4 Å². The van der Waals surface area contributed by atoms with Crippen LogP contribution in [0.3, 0.4) is 0 Å². The van der Waals surface area contributed by atoms with Crippen molar-refractivity contribution in [2.75, 3.05) is 7.05 Å². The van der Waals surface area contributed by atoms with Gasteiger partial charge in [-0.15, -0.1) is 0 Å². The average Bonchev–Trinajstić information content (AvgIpc) is 2.40. The van der Waals surface area contributed by atoms with Crippen LogP contribution in [0.15, 0.2) is 28.7 Å². The van der Waals surface area contributed by atoms with E-state index in [0.717, 1.165) is 10.0 Å². The first-order chi connectivity index (χ1) is 9.30. The SMILES string of the molecule is CCC(C)(NC(=O)N(C)Cc1ccccc1Br)C(=O)O. The molecule has 0 saturated carbocycles. The maximum Gasteiger partial charge on any atom is 0.329 e. The molecule has 0 saturated heterocycles. The second-order valence-corrected chi connectivity index (χ2v) is 5.72. The normalized spacial score (nSPS) is 13.4. The van der Waals surface area contributed by atoms with E-state index in [1.54, 1.807) is 14.0 Å². The zero-order valence-electron chi connectivity index (χ0n) is 11.8. The maximum atomic E-state index is 12.1. The molecule has 0 radical (unpaired) electrons. The first kappa shape index (κ1) is 16.5. The molecule has 1 rings (SSSR count). The number of rotatable bonds is 5. The summed E-state index contributed by atoms with van der Waals surface area (Å²) in [6.07, 6.45) is 0.316. The molecule has 1 aromatic carbocycles. The quantitative estimate of drug-likeness (QED) is 0.864. The van der Waals surface area contributed by atoms with Crippen molar-refractivity contribution in [3.05, 3.63) is 34.3 Å². The molecule has 0 aliphatic rings. The Labute approximate surface area is 127 Å². The highest BCUT2D eigenvalue weighted by Crippen LogP contribution is 2.18. The van der Waals surface area contributed by atoms with Crippen LogP contribution in [0.4, 0.5) is 4.79 Å². The van der Waals surface area contributed by atoms with Gasteiger partial charge < -0.3 is 15.3 Å². The molecular weight excluding hydrogens is 324 g/mol. The van der Waals surface area contributed by atoms with Crippen molar-refractivity contribution in [3.63, 3.8) is 0 Å². The van der Waals surface area contributed by atoms with Gasteiger partial charge in [0, 0.05) is 18.1 Å². The zero-order chi connectivity index (χ0) is 15.3. The van der Waals surface area contributed by atoms with E-state index < -0.39 is 17.5 Å². The highest BCUT2D eigenvalue weighted by atomic mass is 79.9. The topological polar surface area (TPSA) is 69.6 Å². The van der Waals surface area contributed by atoms with Gasteiger partial charge in [-0.3, -0.25) is 0 Å². The van der Waals surface area contributed by atoms with E-state index in [2.05, 4.69) is 21.2 Å². The molecule has 1 atom stereocenters. The average molecular weight is 343 g/mol. The lowest BCUT2D eigenvalue weighted by molar-refractivity contribution is -0.143. The minimum absolute atomic E-state index is 0.316. The van der Waals surface area contributed by atoms with Crippen molar-refractivity contribution < 1.29 is 14.7 Å². The van der Waals surface area contributed by atoms with Crippen LogP contribution in [0.1, 0.15) is 25.8 Å². The van der Waals surface area contributed by atoms with Crippen LogP contribution in [0.25, 0.3) is 0 Å². The Hall–Kier alpha value is -1.56. The third-order valence-corrected chi connectivity index (χ3v) is 4.05. The number of halogens is 1. The highest BCUT2D eigenvalue weighted by molar-refractivity contribution is 9.10. The Morgan fingerprint density at radius 1 is 1.40 bits per heavy atom. The number of carbonyl (C=O) groups is 2. The Morgan fingerprint density at radius 2 is 2.00 bits per heavy atom. The van der Waals surface area contributed by atoms with Crippen LogP contribution >= 0.6 is 15.9 Å². The summed E-state index contributed by atoms with van der Waals surface area (Å²) in [5, 5.41) is 11.7. The summed E-state index contributed by atoms with van der Waals surface area (Å²) in [6.45, 7) is 3.62. The lowest BCUT2D eigenvalue weighted by atomic mass is 10.00. The predicted octanol–water partition coefficient (Wildman–Crippen LogP) is 2.84. The van der Waals surface area contributed by atoms with Gasteiger partial charge in [0.25, 0.3) is 0 Å². The van der Waals surface area contributed by atoms with Crippen molar-refractivity contribution in [1.82, 2.24) is 10.2 Å². The zero-order valence-corrected chi connectivity index (χ0v) is 13.4. The number of aliphatic carboxylic acids is 1. The summed E-state index contributed by atoms with van der Waals surface area (Å²) in [4.78, 5) is 24.7. The summed E-state index contributed by atoms with van der Waals surface area (Å²) in [5.41, 5.74) is -0.294. The highest BCUT2D eigenvalue weighted by Gasteiger charge is 2.33. The van der Waals surface area contributed by atoms with Crippen LogP contribution in [0, 0.1) is 0 Å². The maximum absolute atomic E-state index is 12.1. The fourth-order valence-electron chi connectivity index (χ4n) is 1.58. The number of nitrogens with one attached hydrogen (secondary N) is 1. The second-order valence-electron chi connectivity index (χ2n) is 4.87. The number of carboxylic acid groups (broad SMARTS) is 1. The van der Waals surface area contributed by atoms with Crippen LogP contribution in [-0.2, 0) is 11.3 Å². The summed E-state index contributed by atoms with van der Waals surface area (Å²) < 4.78 is 0.913. The molecular formula is C14H19BrN2O3. The molecule has 2 amide bonds. The summed E-state index contributed by atoms with van der Waals surface area (Å²) >= 11 is 3.42.